The predicted octanol–water partition coefficient (Wildman–Crippen LogP) is 3.34. The summed E-state index contributed by atoms with van der Waals surface area (Å²) in [7, 11) is 0. The Morgan fingerprint density at radius 2 is 1.63 bits per heavy atom. The maximum absolute atomic E-state index is 2.65. The second-order valence-corrected chi connectivity index (χ2v) is 6.48. The largest absolute Gasteiger partial charge is 0.369 e. The lowest BCUT2D eigenvalue weighted by Gasteiger charge is -2.36. The number of hydrogen-bond donors (Lipinski definition) is 0. The number of hydrogen-bond acceptors (Lipinski definition) is 2. The third kappa shape index (κ3) is 3.30. The fourth-order valence-corrected chi connectivity index (χ4v) is 2.92. The smallest absolute Gasteiger partial charge is 0.0367 e. The van der Waals surface area contributed by atoms with E-state index in [1.807, 2.05) is 0 Å². The molecule has 1 aromatic carbocycles. The molecule has 2 nitrogen and oxygen atoms in total. The van der Waals surface area contributed by atoms with Crippen molar-refractivity contribution in [3.8, 4) is 0 Å². The minimum absolute atomic E-state index is 0.629. The normalized spacial score (nSPS) is 21.1. The first-order chi connectivity index (χ1) is 9.22. The van der Waals surface area contributed by atoms with Gasteiger partial charge < -0.3 is 4.90 Å². The first-order valence-electron chi connectivity index (χ1n) is 7.79. The van der Waals surface area contributed by atoms with Gasteiger partial charge in [-0.3, -0.25) is 4.90 Å². The van der Waals surface area contributed by atoms with E-state index in [2.05, 4.69) is 47.9 Å². The molecule has 0 radical (unpaired) electrons. The first kappa shape index (κ1) is 13.0. The van der Waals surface area contributed by atoms with Gasteiger partial charge in [-0.2, -0.15) is 0 Å². The summed E-state index contributed by atoms with van der Waals surface area (Å²) in [4.78, 5) is 5.18. The molecule has 1 aromatic rings. The second-order valence-electron chi connectivity index (χ2n) is 6.48. The minimum Gasteiger partial charge on any atom is -0.369 e. The monoisotopic (exact) mass is 258 g/mol. The van der Waals surface area contributed by atoms with E-state index in [4.69, 9.17) is 0 Å². The highest BCUT2D eigenvalue weighted by atomic mass is 15.3. The zero-order chi connectivity index (χ0) is 13.2. The van der Waals surface area contributed by atoms with Crippen LogP contribution in [0.2, 0.25) is 0 Å². The van der Waals surface area contributed by atoms with Crippen LogP contribution in [0.1, 0.15) is 38.2 Å². The number of benzene rings is 1. The lowest BCUT2D eigenvalue weighted by atomic mass is 10.0. The molecule has 0 N–H and O–H groups in total. The molecular weight excluding hydrogens is 232 g/mol. The Kier molecular flexibility index (Phi) is 3.79. The molecule has 3 rings (SSSR count). The molecule has 1 aliphatic carbocycles. The average Bonchev–Trinajstić information content (AvgIpc) is 3.24. The number of nitrogens with zero attached hydrogens (tertiary/aromatic N) is 2. The molecule has 104 valence electrons. The molecule has 0 aromatic heterocycles. The highest BCUT2D eigenvalue weighted by Gasteiger charge is 2.26. The van der Waals surface area contributed by atoms with Gasteiger partial charge in [-0.05, 0) is 42.4 Å². The molecule has 1 heterocycles. The van der Waals surface area contributed by atoms with Crippen LogP contribution in [-0.4, -0.2) is 37.6 Å². The van der Waals surface area contributed by atoms with Crippen molar-refractivity contribution in [2.45, 2.75) is 32.6 Å². The summed E-state index contributed by atoms with van der Waals surface area (Å²) in [5.41, 5.74) is 2.84. The maximum atomic E-state index is 2.65. The molecule has 0 amide bonds. The van der Waals surface area contributed by atoms with Crippen molar-refractivity contribution in [1.29, 1.82) is 0 Å². The maximum Gasteiger partial charge on any atom is 0.0367 e. The molecule has 1 aliphatic heterocycles. The minimum atomic E-state index is 0.629. The standard InChI is InChI=1S/C17H26N2/c1-14(2)16-5-7-17(8-6-16)19-11-9-18(10-12-19)13-15-3-4-15/h5-8,14-15H,3-4,9-13H2,1-2H3. The van der Waals surface area contributed by atoms with Crippen molar-refractivity contribution >= 4 is 5.69 Å². The van der Waals surface area contributed by atoms with Gasteiger partial charge in [0.1, 0.15) is 0 Å². The van der Waals surface area contributed by atoms with Crippen LogP contribution < -0.4 is 4.90 Å². The summed E-state index contributed by atoms with van der Waals surface area (Å²) in [6.07, 6.45) is 2.94. The van der Waals surface area contributed by atoms with Gasteiger partial charge in [0.05, 0.1) is 0 Å². The lowest BCUT2D eigenvalue weighted by Crippen LogP contribution is -2.47. The van der Waals surface area contributed by atoms with Crippen LogP contribution in [0, 0.1) is 5.92 Å². The summed E-state index contributed by atoms with van der Waals surface area (Å²) >= 11 is 0. The summed E-state index contributed by atoms with van der Waals surface area (Å²) in [6.45, 7) is 10.7. The van der Waals surface area contributed by atoms with Crippen LogP contribution in [0.25, 0.3) is 0 Å². The van der Waals surface area contributed by atoms with Gasteiger partial charge in [0.2, 0.25) is 0 Å². The van der Waals surface area contributed by atoms with E-state index < -0.39 is 0 Å². The number of rotatable bonds is 4. The van der Waals surface area contributed by atoms with Crippen molar-refractivity contribution in [1.82, 2.24) is 4.90 Å². The summed E-state index contributed by atoms with van der Waals surface area (Å²) < 4.78 is 0. The van der Waals surface area contributed by atoms with Gasteiger partial charge in [-0.1, -0.05) is 26.0 Å². The molecule has 1 saturated heterocycles. The zero-order valence-electron chi connectivity index (χ0n) is 12.3. The van der Waals surface area contributed by atoms with Crippen molar-refractivity contribution in [3.63, 3.8) is 0 Å². The van der Waals surface area contributed by atoms with Crippen molar-refractivity contribution in [2.75, 3.05) is 37.6 Å². The van der Waals surface area contributed by atoms with Crippen molar-refractivity contribution in [2.24, 2.45) is 5.92 Å². The summed E-state index contributed by atoms with van der Waals surface area (Å²) in [5, 5.41) is 0. The van der Waals surface area contributed by atoms with E-state index >= 15 is 0 Å². The van der Waals surface area contributed by atoms with Crippen LogP contribution >= 0.6 is 0 Å². The topological polar surface area (TPSA) is 6.48 Å². The number of anilines is 1. The van der Waals surface area contributed by atoms with Gasteiger partial charge in [0.15, 0.2) is 0 Å². The molecule has 1 saturated carbocycles. The Bertz CT molecular complexity index is 398. The molecule has 0 spiro atoms. The van der Waals surface area contributed by atoms with Crippen LogP contribution in [0.3, 0.4) is 0 Å². The summed E-state index contributed by atoms with van der Waals surface area (Å²) in [5.74, 6) is 1.65. The SMILES string of the molecule is CC(C)c1ccc(N2CCN(CC3CC3)CC2)cc1. The molecule has 2 aliphatic rings. The Morgan fingerprint density at radius 3 is 2.16 bits per heavy atom. The molecule has 0 bridgehead atoms. The van der Waals surface area contributed by atoms with Gasteiger partial charge >= 0.3 is 0 Å². The third-order valence-electron chi connectivity index (χ3n) is 4.51. The Hall–Kier alpha value is -1.02. The van der Waals surface area contributed by atoms with Crippen molar-refractivity contribution < 1.29 is 0 Å². The average molecular weight is 258 g/mol. The number of piperazine rings is 1. The highest BCUT2D eigenvalue weighted by Crippen LogP contribution is 2.30. The third-order valence-corrected chi connectivity index (χ3v) is 4.51. The van der Waals surface area contributed by atoms with Gasteiger partial charge in [-0.25, -0.2) is 0 Å². The molecule has 0 unspecified atom stereocenters. The molecular formula is C17H26N2. The lowest BCUT2D eigenvalue weighted by molar-refractivity contribution is 0.248. The molecule has 0 atom stereocenters. The molecule has 2 fully saturated rings. The van der Waals surface area contributed by atoms with E-state index in [9.17, 15) is 0 Å². The Balaban J connectivity index is 1.55. The second kappa shape index (κ2) is 5.54. The fourth-order valence-electron chi connectivity index (χ4n) is 2.92. The van der Waals surface area contributed by atoms with E-state index in [1.54, 1.807) is 0 Å². The highest BCUT2D eigenvalue weighted by molar-refractivity contribution is 5.48. The van der Waals surface area contributed by atoms with Crippen LogP contribution in [0.5, 0.6) is 0 Å². The van der Waals surface area contributed by atoms with E-state index in [0.29, 0.717) is 5.92 Å². The summed E-state index contributed by atoms with van der Waals surface area (Å²) in [6, 6.07) is 9.17. The predicted molar refractivity (Wildman–Crippen MR) is 81.9 cm³/mol. The van der Waals surface area contributed by atoms with Gasteiger partial charge in [0.25, 0.3) is 0 Å². The van der Waals surface area contributed by atoms with Crippen molar-refractivity contribution in [3.05, 3.63) is 29.8 Å². The Labute approximate surface area is 117 Å². The fraction of sp³-hybridized carbons (Fsp3) is 0.647. The zero-order valence-corrected chi connectivity index (χ0v) is 12.3. The van der Waals surface area contributed by atoms with E-state index in [-0.39, 0.29) is 0 Å². The molecule has 2 heteroatoms. The van der Waals surface area contributed by atoms with Crippen LogP contribution in [0.15, 0.2) is 24.3 Å². The van der Waals surface area contributed by atoms with Gasteiger partial charge in [-0.15, -0.1) is 0 Å². The van der Waals surface area contributed by atoms with E-state index in [0.717, 1.165) is 5.92 Å². The first-order valence-corrected chi connectivity index (χ1v) is 7.79. The quantitative estimate of drug-likeness (QED) is 0.817. The Morgan fingerprint density at radius 1 is 1.00 bits per heavy atom. The van der Waals surface area contributed by atoms with Crippen LogP contribution in [0.4, 0.5) is 5.69 Å². The van der Waals surface area contributed by atoms with E-state index in [1.165, 1.54) is 56.8 Å². The van der Waals surface area contributed by atoms with Crippen LogP contribution in [-0.2, 0) is 0 Å². The van der Waals surface area contributed by atoms with Gasteiger partial charge in [0, 0.05) is 38.4 Å². The molecule has 19 heavy (non-hydrogen) atoms.